The third-order valence-electron chi connectivity index (χ3n) is 2.46. The van der Waals surface area contributed by atoms with Crippen LogP contribution in [0.2, 0.25) is 0 Å². The van der Waals surface area contributed by atoms with Crippen molar-refractivity contribution in [2.45, 2.75) is 37.8 Å². The van der Waals surface area contributed by atoms with Gasteiger partial charge in [0.2, 0.25) is 5.89 Å². The molecule has 0 fully saturated rings. The van der Waals surface area contributed by atoms with E-state index < -0.39 is 0 Å². The molecule has 0 bridgehead atoms. The molecular weight excluding hydrogens is 274 g/mol. The molecule has 0 saturated carbocycles. The topological polar surface area (TPSA) is 71.2 Å². The first-order valence-electron chi connectivity index (χ1n) is 6.41. The Hall–Kier alpha value is -1.69. The second-order valence-corrected chi connectivity index (χ2v) is 7.21. The van der Waals surface area contributed by atoms with Crippen molar-refractivity contribution in [3.8, 4) is 5.75 Å². The second-order valence-electron chi connectivity index (χ2n) is 5.41. The zero-order chi connectivity index (χ0) is 14.6. The maximum absolute atomic E-state index is 9.20. The SMILES string of the molecule is CC(C)(C)SCc1noc(CNc2ccc(O)cc2)n1. The highest BCUT2D eigenvalue weighted by Crippen LogP contribution is 2.26. The number of aromatic nitrogens is 2. The number of nitrogens with one attached hydrogen (secondary N) is 1. The number of phenolic OH excluding ortho intramolecular Hbond substituents is 1. The molecule has 6 heteroatoms. The lowest BCUT2D eigenvalue weighted by Gasteiger charge is -2.15. The van der Waals surface area contributed by atoms with Crippen LogP contribution in [0.3, 0.4) is 0 Å². The fraction of sp³-hybridized carbons (Fsp3) is 0.429. The summed E-state index contributed by atoms with van der Waals surface area (Å²) in [6.45, 7) is 6.94. The van der Waals surface area contributed by atoms with Crippen molar-refractivity contribution in [2.75, 3.05) is 5.32 Å². The highest BCUT2D eigenvalue weighted by Gasteiger charge is 2.13. The molecule has 0 atom stereocenters. The highest BCUT2D eigenvalue weighted by atomic mass is 32.2. The molecule has 5 nitrogen and oxygen atoms in total. The zero-order valence-corrected chi connectivity index (χ0v) is 12.7. The lowest BCUT2D eigenvalue weighted by molar-refractivity contribution is 0.379. The Morgan fingerprint density at radius 1 is 1.25 bits per heavy atom. The third-order valence-corrected chi connectivity index (χ3v) is 3.72. The van der Waals surface area contributed by atoms with Gasteiger partial charge in [0, 0.05) is 10.4 Å². The van der Waals surface area contributed by atoms with Crippen LogP contribution in [0.25, 0.3) is 0 Å². The monoisotopic (exact) mass is 293 g/mol. The third kappa shape index (κ3) is 4.77. The van der Waals surface area contributed by atoms with Crippen molar-refractivity contribution in [1.29, 1.82) is 0 Å². The Morgan fingerprint density at radius 3 is 2.60 bits per heavy atom. The summed E-state index contributed by atoms with van der Waals surface area (Å²) >= 11 is 1.78. The summed E-state index contributed by atoms with van der Waals surface area (Å²) in [4.78, 5) is 4.34. The van der Waals surface area contributed by atoms with E-state index in [4.69, 9.17) is 4.52 Å². The van der Waals surface area contributed by atoms with Gasteiger partial charge in [-0.2, -0.15) is 4.98 Å². The van der Waals surface area contributed by atoms with Crippen molar-refractivity contribution < 1.29 is 9.63 Å². The molecule has 20 heavy (non-hydrogen) atoms. The summed E-state index contributed by atoms with van der Waals surface area (Å²) in [6, 6.07) is 6.84. The molecule has 0 amide bonds. The van der Waals surface area contributed by atoms with Gasteiger partial charge in [-0.1, -0.05) is 25.9 Å². The number of anilines is 1. The van der Waals surface area contributed by atoms with Gasteiger partial charge in [-0.3, -0.25) is 0 Å². The van der Waals surface area contributed by atoms with E-state index in [1.54, 1.807) is 36.0 Å². The molecule has 1 aromatic carbocycles. The molecule has 108 valence electrons. The van der Waals surface area contributed by atoms with Gasteiger partial charge in [0.05, 0.1) is 12.3 Å². The van der Waals surface area contributed by atoms with Crippen molar-refractivity contribution in [3.05, 3.63) is 36.0 Å². The Balaban J connectivity index is 1.85. The fourth-order valence-electron chi connectivity index (χ4n) is 1.46. The van der Waals surface area contributed by atoms with E-state index in [-0.39, 0.29) is 10.5 Å². The number of aromatic hydroxyl groups is 1. The average Bonchev–Trinajstić information content (AvgIpc) is 2.83. The van der Waals surface area contributed by atoms with Crippen LogP contribution in [-0.2, 0) is 12.3 Å². The number of thioether (sulfide) groups is 1. The van der Waals surface area contributed by atoms with Crippen LogP contribution in [0.15, 0.2) is 28.8 Å². The van der Waals surface area contributed by atoms with E-state index >= 15 is 0 Å². The van der Waals surface area contributed by atoms with Crippen LogP contribution in [0.4, 0.5) is 5.69 Å². The van der Waals surface area contributed by atoms with Crippen molar-refractivity contribution >= 4 is 17.4 Å². The second kappa shape index (κ2) is 6.17. The van der Waals surface area contributed by atoms with E-state index in [0.29, 0.717) is 18.3 Å². The van der Waals surface area contributed by atoms with E-state index in [0.717, 1.165) is 11.4 Å². The summed E-state index contributed by atoms with van der Waals surface area (Å²) in [5.41, 5.74) is 0.895. The average molecular weight is 293 g/mol. The van der Waals surface area contributed by atoms with E-state index in [9.17, 15) is 5.11 Å². The van der Waals surface area contributed by atoms with Crippen molar-refractivity contribution in [3.63, 3.8) is 0 Å². The normalized spacial score (nSPS) is 11.6. The Morgan fingerprint density at radius 2 is 1.95 bits per heavy atom. The number of nitrogens with zero attached hydrogens (tertiary/aromatic N) is 2. The molecule has 0 unspecified atom stereocenters. The van der Waals surface area contributed by atoms with Crippen LogP contribution in [-0.4, -0.2) is 20.0 Å². The predicted octanol–water partition coefficient (Wildman–Crippen LogP) is 3.42. The summed E-state index contributed by atoms with van der Waals surface area (Å²) in [6.07, 6.45) is 0. The maximum Gasteiger partial charge on any atom is 0.245 e. The first kappa shape index (κ1) is 14.7. The van der Waals surface area contributed by atoms with E-state index in [1.807, 2.05) is 0 Å². The summed E-state index contributed by atoms with van der Waals surface area (Å²) in [7, 11) is 0. The number of hydrogen-bond acceptors (Lipinski definition) is 6. The largest absolute Gasteiger partial charge is 0.508 e. The molecule has 0 spiro atoms. The lowest BCUT2D eigenvalue weighted by atomic mass is 10.3. The van der Waals surface area contributed by atoms with E-state index in [1.165, 1.54) is 0 Å². The number of rotatable bonds is 5. The fourth-order valence-corrected chi connectivity index (χ4v) is 2.14. The highest BCUT2D eigenvalue weighted by molar-refractivity contribution is 7.99. The molecule has 0 radical (unpaired) electrons. The summed E-state index contributed by atoms with van der Waals surface area (Å²) < 4.78 is 5.37. The van der Waals surface area contributed by atoms with Crippen molar-refractivity contribution in [2.24, 2.45) is 0 Å². The molecule has 2 aromatic rings. The van der Waals surface area contributed by atoms with Gasteiger partial charge in [-0.25, -0.2) is 0 Å². The quantitative estimate of drug-likeness (QED) is 0.823. The molecule has 1 aromatic heterocycles. The van der Waals surface area contributed by atoms with Gasteiger partial charge >= 0.3 is 0 Å². The van der Waals surface area contributed by atoms with Gasteiger partial charge < -0.3 is 14.9 Å². The van der Waals surface area contributed by atoms with Gasteiger partial charge in [-0.05, 0) is 24.3 Å². The van der Waals surface area contributed by atoms with Gasteiger partial charge in [0.15, 0.2) is 5.82 Å². The van der Waals surface area contributed by atoms with Crippen LogP contribution >= 0.6 is 11.8 Å². The summed E-state index contributed by atoms with van der Waals surface area (Å²) in [5, 5.41) is 16.3. The van der Waals surface area contributed by atoms with Crippen LogP contribution < -0.4 is 5.32 Å². The minimum atomic E-state index is 0.186. The van der Waals surface area contributed by atoms with Gasteiger partial charge in [0.1, 0.15) is 5.75 Å². The Bertz CT molecular complexity index is 546. The smallest absolute Gasteiger partial charge is 0.245 e. The predicted molar refractivity (Wildman–Crippen MR) is 80.8 cm³/mol. The van der Waals surface area contributed by atoms with E-state index in [2.05, 4.69) is 36.2 Å². The maximum atomic E-state index is 9.20. The summed E-state index contributed by atoms with van der Waals surface area (Å²) in [5.74, 6) is 2.26. The molecule has 0 aliphatic rings. The zero-order valence-electron chi connectivity index (χ0n) is 11.9. The van der Waals surface area contributed by atoms with Gasteiger partial charge in [-0.15, -0.1) is 11.8 Å². The standard InChI is InChI=1S/C14H19N3O2S/c1-14(2,3)20-9-12-16-13(19-17-12)8-15-10-4-6-11(18)7-5-10/h4-7,15,18H,8-9H2,1-3H3. The Labute approximate surface area is 122 Å². The minimum Gasteiger partial charge on any atom is -0.508 e. The lowest BCUT2D eigenvalue weighted by Crippen LogP contribution is -2.08. The van der Waals surface area contributed by atoms with Crippen molar-refractivity contribution in [1.82, 2.24) is 10.1 Å². The molecule has 2 rings (SSSR count). The Kier molecular flexibility index (Phi) is 4.54. The van der Waals surface area contributed by atoms with Crippen LogP contribution in [0.1, 0.15) is 32.5 Å². The van der Waals surface area contributed by atoms with Crippen LogP contribution in [0, 0.1) is 0 Å². The minimum absolute atomic E-state index is 0.186. The molecule has 1 heterocycles. The number of benzene rings is 1. The van der Waals surface area contributed by atoms with Crippen LogP contribution in [0.5, 0.6) is 5.75 Å². The molecular formula is C14H19N3O2S. The first-order valence-corrected chi connectivity index (χ1v) is 7.39. The number of hydrogen-bond donors (Lipinski definition) is 2. The molecule has 2 N–H and O–H groups in total. The number of phenols is 1. The molecule has 0 aliphatic heterocycles. The molecule has 0 aliphatic carbocycles. The van der Waals surface area contributed by atoms with Gasteiger partial charge in [0.25, 0.3) is 0 Å². The molecule has 0 saturated heterocycles. The first-order chi connectivity index (χ1) is 9.42.